The molecule has 0 bridgehead atoms. The number of carbonyl (C=O) groups excluding carboxylic acids is 1. The molecule has 0 aromatic carbocycles. The fourth-order valence-electron chi connectivity index (χ4n) is 2.12. The van der Waals surface area contributed by atoms with Gasteiger partial charge >= 0.3 is 12.0 Å². The monoisotopic (exact) mass is 312 g/mol. The van der Waals surface area contributed by atoms with E-state index in [1.807, 2.05) is 38.3 Å². The van der Waals surface area contributed by atoms with Crippen molar-refractivity contribution in [2.45, 2.75) is 46.2 Å². The summed E-state index contributed by atoms with van der Waals surface area (Å²) in [4.78, 5) is 25.8. The SMILES string of the molecule is CN(Cc1cccs1)C(=O)NC(CC(=O)O)CC(C)(C)C. The Morgan fingerprint density at radius 3 is 2.57 bits per heavy atom. The largest absolute Gasteiger partial charge is 0.481 e. The van der Waals surface area contributed by atoms with Gasteiger partial charge in [-0.25, -0.2) is 4.79 Å². The maximum Gasteiger partial charge on any atom is 0.317 e. The lowest BCUT2D eigenvalue weighted by atomic mass is 9.87. The average molecular weight is 312 g/mol. The van der Waals surface area contributed by atoms with E-state index in [4.69, 9.17) is 5.11 Å². The van der Waals surface area contributed by atoms with E-state index >= 15 is 0 Å². The normalized spacial score (nSPS) is 12.8. The van der Waals surface area contributed by atoms with Crippen LogP contribution in [0.15, 0.2) is 17.5 Å². The van der Waals surface area contributed by atoms with E-state index in [1.54, 1.807) is 23.3 Å². The zero-order chi connectivity index (χ0) is 16.0. The average Bonchev–Trinajstić information content (AvgIpc) is 2.78. The summed E-state index contributed by atoms with van der Waals surface area (Å²) in [7, 11) is 1.71. The molecule has 1 atom stereocenters. The Morgan fingerprint density at radius 2 is 2.10 bits per heavy atom. The fourth-order valence-corrected chi connectivity index (χ4v) is 2.87. The Kier molecular flexibility index (Phi) is 6.20. The molecule has 21 heavy (non-hydrogen) atoms. The number of aliphatic carboxylic acids is 1. The van der Waals surface area contributed by atoms with Crippen molar-refractivity contribution in [3.05, 3.63) is 22.4 Å². The number of carboxylic acids is 1. The van der Waals surface area contributed by atoms with Gasteiger partial charge in [-0.15, -0.1) is 11.3 Å². The van der Waals surface area contributed by atoms with Gasteiger partial charge in [0.25, 0.3) is 0 Å². The summed E-state index contributed by atoms with van der Waals surface area (Å²) >= 11 is 1.59. The molecule has 0 spiro atoms. The molecule has 1 aromatic heterocycles. The molecular weight excluding hydrogens is 288 g/mol. The standard InChI is InChI=1S/C15H24N2O3S/c1-15(2,3)9-11(8-13(18)19)16-14(20)17(4)10-12-6-5-7-21-12/h5-7,11H,8-10H2,1-4H3,(H,16,20)(H,18,19). The van der Waals surface area contributed by atoms with E-state index in [2.05, 4.69) is 5.32 Å². The first-order valence-corrected chi connectivity index (χ1v) is 7.81. The number of amides is 2. The molecule has 0 aliphatic heterocycles. The summed E-state index contributed by atoms with van der Waals surface area (Å²) in [5, 5.41) is 13.8. The van der Waals surface area contributed by atoms with Crippen molar-refractivity contribution >= 4 is 23.3 Å². The Hall–Kier alpha value is -1.56. The van der Waals surface area contributed by atoms with Gasteiger partial charge in [0.15, 0.2) is 0 Å². The zero-order valence-electron chi connectivity index (χ0n) is 13.0. The molecule has 1 heterocycles. The van der Waals surface area contributed by atoms with Gasteiger partial charge in [0.1, 0.15) is 0 Å². The topological polar surface area (TPSA) is 69.6 Å². The van der Waals surface area contributed by atoms with Crippen LogP contribution < -0.4 is 5.32 Å². The van der Waals surface area contributed by atoms with Crippen LogP contribution >= 0.6 is 11.3 Å². The van der Waals surface area contributed by atoms with Crippen LogP contribution in [0, 0.1) is 5.41 Å². The summed E-state index contributed by atoms with van der Waals surface area (Å²) < 4.78 is 0. The Morgan fingerprint density at radius 1 is 1.43 bits per heavy atom. The number of thiophene rings is 1. The number of hydrogen-bond donors (Lipinski definition) is 2. The van der Waals surface area contributed by atoms with Crippen LogP contribution in [0.4, 0.5) is 4.79 Å². The van der Waals surface area contributed by atoms with E-state index in [-0.39, 0.29) is 23.9 Å². The molecule has 6 heteroatoms. The molecule has 0 aliphatic carbocycles. The summed E-state index contributed by atoms with van der Waals surface area (Å²) in [6, 6.07) is 3.32. The Balaban J connectivity index is 2.59. The predicted molar refractivity (Wildman–Crippen MR) is 84.4 cm³/mol. The van der Waals surface area contributed by atoms with Gasteiger partial charge in [0.05, 0.1) is 13.0 Å². The highest BCUT2D eigenvalue weighted by Gasteiger charge is 2.24. The molecule has 1 aromatic rings. The van der Waals surface area contributed by atoms with Gasteiger partial charge < -0.3 is 15.3 Å². The van der Waals surface area contributed by atoms with E-state index in [0.717, 1.165) is 4.88 Å². The first-order chi connectivity index (χ1) is 9.67. The lowest BCUT2D eigenvalue weighted by Crippen LogP contribution is -2.45. The van der Waals surface area contributed by atoms with Crippen molar-refractivity contribution in [3.8, 4) is 0 Å². The molecule has 5 nitrogen and oxygen atoms in total. The fraction of sp³-hybridized carbons (Fsp3) is 0.600. The molecule has 0 fully saturated rings. The number of hydrogen-bond acceptors (Lipinski definition) is 3. The van der Waals surface area contributed by atoms with Crippen LogP contribution in [-0.2, 0) is 11.3 Å². The van der Waals surface area contributed by atoms with Gasteiger partial charge in [-0.2, -0.15) is 0 Å². The van der Waals surface area contributed by atoms with Gasteiger partial charge in [0.2, 0.25) is 0 Å². The molecular formula is C15H24N2O3S. The smallest absolute Gasteiger partial charge is 0.317 e. The maximum absolute atomic E-state index is 12.2. The van der Waals surface area contributed by atoms with Gasteiger partial charge in [-0.05, 0) is 23.3 Å². The van der Waals surface area contributed by atoms with Crippen LogP contribution in [0.2, 0.25) is 0 Å². The van der Waals surface area contributed by atoms with Crippen LogP contribution in [0.1, 0.15) is 38.5 Å². The number of nitrogens with one attached hydrogen (secondary N) is 1. The molecule has 1 rings (SSSR count). The minimum Gasteiger partial charge on any atom is -0.481 e. The lowest BCUT2D eigenvalue weighted by Gasteiger charge is -2.27. The molecule has 0 aliphatic rings. The molecule has 0 saturated heterocycles. The second-order valence-corrected chi connectivity index (χ2v) is 7.48. The van der Waals surface area contributed by atoms with Crippen molar-refractivity contribution in [1.82, 2.24) is 10.2 Å². The first kappa shape index (κ1) is 17.5. The lowest BCUT2D eigenvalue weighted by molar-refractivity contribution is -0.137. The molecule has 0 radical (unpaired) electrons. The third-order valence-corrected chi connectivity index (χ3v) is 3.79. The van der Waals surface area contributed by atoms with Crippen molar-refractivity contribution in [2.75, 3.05) is 7.05 Å². The third kappa shape index (κ3) is 7.13. The first-order valence-electron chi connectivity index (χ1n) is 6.93. The zero-order valence-corrected chi connectivity index (χ0v) is 13.9. The van der Waals surface area contributed by atoms with Gasteiger partial charge in [0, 0.05) is 18.0 Å². The number of urea groups is 1. The second kappa shape index (κ2) is 7.45. The molecule has 118 valence electrons. The van der Waals surface area contributed by atoms with Crippen molar-refractivity contribution in [1.29, 1.82) is 0 Å². The van der Waals surface area contributed by atoms with Crippen molar-refractivity contribution in [3.63, 3.8) is 0 Å². The van der Waals surface area contributed by atoms with E-state index in [1.165, 1.54) is 0 Å². The Labute approximate surface area is 130 Å². The summed E-state index contributed by atoms with van der Waals surface area (Å²) in [5.74, 6) is -0.898. The van der Waals surface area contributed by atoms with Gasteiger partial charge in [-0.1, -0.05) is 26.8 Å². The molecule has 2 amide bonds. The van der Waals surface area contributed by atoms with E-state index in [9.17, 15) is 9.59 Å². The van der Waals surface area contributed by atoms with Crippen molar-refractivity contribution < 1.29 is 14.7 Å². The highest BCUT2D eigenvalue weighted by atomic mass is 32.1. The van der Waals surface area contributed by atoms with Gasteiger partial charge in [-0.3, -0.25) is 4.79 Å². The van der Waals surface area contributed by atoms with Crippen LogP contribution in [0.25, 0.3) is 0 Å². The number of carboxylic acid groups (broad SMARTS) is 1. The van der Waals surface area contributed by atoms with E-state index in [0.29, 0.717) is 13.0 Å². The third-order valence-electron chi connectivity index (χ3n) is 2.93. The minimum atomic E-state index is -0.898. The van der Waals surface area contributed by atoms with Crippen LogP contribution in [-0.4, -0.2) is 35.1 Å². The summed E-state index contributed by atoms with van der Waals surface area (Å²) in [6.07, 6.45) is 0.563. The summed E-state index contributed by atoms with van der Waals surface area (Å²) in [6.45, 7) is 6.62. The highest BCUT2D eigenvalue weighted by molar-refractivity contribution is 7.09. The van der Waals surface area contributed by atoms with Crippen LogP contribution in [0.3, 0.4) is 0 Å². The second-order valence-electron chi connectivity index (χ2n) is 6.44. The maximum atomic E-state index is 12.2. The molecule has 0 saturated carbocycles. The number of carbonyl (C=O) groups is 2. The summed E-state index contributed by atoms with van der Waals surface area (Å²) in [5.41, 5.74) is -0.0419. The number of nitrogens with zero attached hydrogens (tertiary/aromatic N) is 1. The quantitative estimate of drug-likeness (QED) is 0.847. The van der Waals surface area contributed by atoms with E-state index < -0.39 is 5.97 Å². The highest BCUT2D eigenvalue weighted by Crippen LogP contribution is 2.22. The molecule has 1 unspecified atom stereocenters. The van der Waals surface area contributed by atoms with Crippen LogP contribution in [0.5, 0.6) is 0 Å². The predicted octanol–water partition coefficient (Wildman–Crippen LogP) is 3.17. The Bertz CT molecular complexity index is 466. The number of rotatable bonds is 6. The molecule has 2 N–H and O–H groups in total. The minimum absolute atomic E-state index is 0.0419. The van der Waals surface area contributed by atoms with Crippen molar-refractivity contribution in [2.24, 2.45) is 5.41 Å².